The second-order valence-corrected chi connectivity index (χ2v) is 6.17. The summed E-state index contributed by atoms with van der Waals surface area (Å²) in [7, 11) is 1.67. The summed E-state index contributed by atoms with van der Waals surface area (Å²) in [5, 5.41) is 0. The minimum atomic E-state index is -0.0442. The van der Waals surface area contributed by atoms with Crippen molar-refractivity contribution < 1.29 is 14.3 Å². The molecule has 126 valence electrons. The monoisotopic (exact) mass is 326 g/mol. The van der Waals surface area contributed by atoms with Crippen molar-refractivity contribution in [1.29, 1.82) is 0 Å². The number of H-pyrrole nitrogens is 1. The molecule has 0 unspecified atom stereocenters. The Balaban J connectivity index is 1.77. The number of aromatic amines is 1. The first-order valence-electron chi connectivity index (χ1n) is 8.22. The molecular weight excluding hydrogens is 304 g/mol. The minimum Gasteiger partial charge on any atom is -0.496 e. The Hall–Kier alpha value is -2.56. The highest BCUT2D eigenvalue weighted by molar-refractivity contribution is 5.99. The average Bonchev–Trinajstić information content (AvgIpc) is 3.24. The number of nitrogens with one attached hydrogen (secondary N) is 1. The number of ether oxygens (including phenoxy) is 1. The number of ketones is 1. The number of carbonyl (C=O) groups excluding carboxylic acids is 2. The fourth-order valence-corrected chi connectivity index (χ4v) is 3.32. The van der Waals surface area contributed by atoms with Gasteiger partial charge in [-0.05, 0) is 43.9 Å². The molecule has 1 aliphatic rings. The quantitative estimate of drug-likeness (QED) is 0.859. The largest absolute Gasteiger partial charge is 0.496 e. The van der Waals surface area contributed by atoms with Crippen molar-refractivity contribution in [2.45, 2.75) is 32.2 Å². The zero-order chi connectivity index (χ0) is 17.1. The van der Waals surface area contributed by atoms with Crippen LogP contribution in [0, 0.1) is 0 Å². The van der Waals surface area contributed by atoms with Crippen LogP contribution in [-0.2, 0) is 6.42 Å². The zero-order valence-corrected chi connectivity index (χ0v) is 14.0. The number of amides is 1. The maximum atomic E-state index is 12.8. The van der Waals surface area contributed by atoms with Crippen molar-refractivity contribution in [3.8, 4) is 5.75 Å². The summed E-state index contributed by atoms with van der Waals surface area (Å²) >= 11 is 0. The smallest absolute Gasteiger partial charge is 0.270 e. The molecule has 0 radical (unpaired) electrons. The summed E-state index contributed by atoms with van der Waals surface area (Å²) in [5.41, 5.74) is 2.13. The Morgan fingerprint density at radius 2 is 2.12 bits per heavy atom. The maximum Gasteiger partial charge on any atom is 0.270 e. The topological polar surface area (TPSA) is 62.4 Å². The molecule has 0 bridgehead atoms. The first kappa shape index (κ1) is 16.3. The lowest BCUT2D eigenvalue weighted by Gasteiger charge is -2.25. The second kappa shape index (κ2) is 6.91. The van der Waals surface area contributed by atoms with Gasteiger partial charge in [0.25, 0.3) is 5.91 Å². The van der Waals surface area contributed by atoms with Gasteiger partial charge in [0.05, 0.1) is 7.11 Å². The summed E-state index contributed by atoms with van der Waals surface area (Å²) in [5.74, 6) is 0.771. The number of likely N-dealkylation sites (tertiary alicyclic amines) is 1. The number of Topliss-reactive ketones (excluding diaryl/α,β-unsaturated/α-hetero) is 1. The summed E-state index contributed by atoms with van der Waals surface area (Å²) in [6.07, 6.45) is 4.34. The Kier molecular flexibility index (Phi) is 4.69. The van der Waals surface area contributed by atoms with E-state index < -0.39 is 0 Å². The molecular formula is C19H22N2O3. The van der Waals surface area contributed by atoms with Crippen LogP contribution < -0.4 is 4.74 Å². The van der Waals surface area contributed by atoms with Crippen molar-refractivity contribution in [2.75, 3.05) is 13.7 Å². The molecule has 1 aromatic heterocycles. The van der Waals surface area contributed by atoms with E-state index in [2.05, 4.69) is 4.98 Å². The standard InChI is InChI=1S/C19H22N2O3/c1-13(22)15-11-17(20-12-15)19(23)21-9-5-7-16(21)10-14-6-3-4-8-18(14)24-2/h3-4,6,8,11-12,16,20H,5,7,9-10H2,1-2H3/t16-/m1/s1. The third-order valence-corrected chi connectivity index (χ3v) is 4.61. The van der Waals surface area contributed by atoms with Gasteiger partial charge in [0, 0.05) is 24.3 Å². The van der Waals surface area contributed by atoms with Crippen molar-refractivity contribution in [2.24, 2.45) is 0 Å². The number of aromatic nitrogens is 1. The van der Waals surface area contributed by atoms with E-state index >= 15 is 0 Å². The molecule has 0 aliphatic carbocycles. The van der Waals surface area contributed by atoms with E-state index in [0.717, 1.165) is 37.1 Å². The van der Waals surface area contributed by atoms with Gasteiger partial charge >= 0.3 is 0 Å². The highest BCUT2D eigenvalue weighted by atomic mass is 16.5. The van der Waals surface area contributed by atoms with E-state index in [1.54, 1.807) is 19.4 Å². The summed E-state index contributed by atoms with van der Waals surface area (Å²) in [6, 6.07) is 9.72. The fraction of sp³-hybridized carbons (Fsp3) is 0.368. The number of para-hydroxylation sites is 1. The number of rotatable bonds is 5. The van der Waals surface area contributed by atoms with Crippen LogP contribution in [0.15, 0.2) is 36.5 Å². The number of methoxy groups -OCH3 is 1. The highest BCUT2D eigenvalue weighted by Gasteiger charge is 2.30. The molecule has 0 spiro atoms. The Labute approximate surface area is 141 Å². The number of carbonyl (C=O) groups is 2. The summed E-state index contributed by atoms with van der Waals surface area (Å²) < 4.78 is 5.42. The first-order valence-corrected chi connectivity index (χ1v) is 8.22. The molecule has 3 rings (SSSR count). The summed E-state index contributed by atoms with van der Waals surface area (Å²) in [6.45, 7) is 2.24. The van der Waals surface area contributed by atoms with E-state index in [0.29, 0.717) is 11.3 Å². The van der Waals surface area contributed by atoms with E-state index in [9.17, 15) is 9.59 Å². The minimum absolute atomic E-state index is 0.0418. The lowest BCUT2D eigenvalue weighted by Crippen LogP contribution is -2.37. The molecule has 1 N–H and O–H groups in total. The van der Waals surface area contributed by atoms with Crippen LogP contribution in [0.1, 0.15) is 46.2 Å². The predicted molar refractivity (Wildman–Crippen MR) is 91.6 cm³/mol. The molecule has 2 heterocycles. The molecule has 1 aromatic carbocycles. The Morgan fingerprint density at radius 3 is 2.83 bits per heavy atom. The maximum absolute atomic E-state index is 12.8. The number of hydrogen-bond donors (Lipinski definition) is 1. The molecule has 0 saturated carbocycles. The molecule has 1 saturated heterocycles. The van der Waals surface area contributed by atoms with Crippen molar-refractivity contribution in [3.63, 3.8) is 0 Å². The average molecular weight is 326 g/mol. The van der Waals surface area contributed by atoms with Gasteiger partial charge in [-0.25, -0.2) is 0 Å². The van der Waals surface area contributed by atoms with Gasteiger partial charge in [0.15, 0.2) is 5.78 Å². The van der Waals surface area contributed by atoms with E-state index in [1.165, 1.54) is 6.92 Å². The van der Waals surface area contributed by atoms with Gasteiger partial charge in [-0.1, -0.05) is 18.2 Å². The van der Waals surface area contributed by atoms with Crippen LogP contribution in [-0.4, -0.2) is 41.3 Å². The molecule has 5 heteroatoms. The predicted octanol–water partition coefficient (Wildman–Crippen LogP) is 3.07. The van der Waals surface area contributed by atoms with Gasteiger partial charge in [-0.2, -0.15) is 0 Å². The van der Waals surface area contributed by atoms with Crippen molar-refractivity contribution >= 4 is 11.7 Å². The van der Waals surface area contributed by atoms with Crippen LogP contribution in [0.3, 0.4) is 0 Å². The third-order valence-electron chi connectivity index (χ3n) is 4.61. The van der Waals surface area contributed by atoms with Crippen molar-refractivity contribution in [1.82, 2.24) is 9.88 Å². The van der Waals surface area contributed by atoms with Gasteiger partial charge < -0.3 is 14.6 Å². The summed E-state index contributed by atoms with van der Waals surface area (Å²) in [4.78, 5) is 29.0. The normalized spacial score (nSPS) is 17.1. The van der Waals surface area contributed by atoms with Gasteiger partial charge in [0.2, 0.25) is 0 Å². The molecule has 5 nitrogen and oxygen atoms in total. The Bertz CT molecular complexity index is 751. The molecule has 1 aliphatic heterocycles. The molecule has 1 fully saturated rings. The van der Waals surface area contributed by atoms with Crippen LogP contribution in [0.4, 0.5) is 0 Å². The van der Waals surface area contributed by atoms with Crippen molar-refractivity contribution in [3.05, 3.63) is 53.3 Å². The fourth-order valence-electron chi connectivity index (χ4n) is 3.32. The number of benzene rings is 1. The van der Waals surface area contributed by atoms with Crippen LogP contribution in [0.5, 0.6) is 5.75 Å². The van der Waals surface area contributed by atoms with Gasteiger partial charge in [-0.3, -0.25) is 9.59 Å². The molecule has 1 atom stereocenters. The van der Waals surface area contributed by atoms with E-state index in [1.807, 2.05) is 29.2 Å². The number of hydrogen-bond acceptors (Lipinski definition) is 3. The van der Waals surface area contributed by atoms with Gasteiger partial charge in [0.1, 0.15) is 11.4 Å². The van der Waals surface area contributed by atoms with E-state index in [4.69, 9.17) is 4.74 Å². The molecule has 24 heavy (non-hydrogen) atoms. The Morgan fingerprint density at radius 1 is 1.33 bits per heavy atom. The zero-order valence-electron chi connectivity index (χ0n) is 14.0. The SMILES string of the molecule is COc1ccccc1C[C@H]1CCCN1C(=O)c1cc(C(C)=O)c[nH]1. The lowest BCUT2D eigenvalue weighted by atomic mass is 10.0. The number of nitrogens with zero attached hydrogens (tertiary/aromatic N) is 1. The molecule has 1 amide bonds. The van der Waals surface area contributed by atoms with Crippen LogP contribution >= 0.6 is 0 Å². The van der Waals surface area contributed by atoms with Gasteiger partial charge in [-0.15, -0.1) is 0 Å². The van der Waals surface area contributed by atoms with E-state index in [-0.39, 0.29) is 17.7 Å². The van der Waals surface area contributed by atoms with Crippen LogP contribution in [0.25, 0.3) is 0 Å². The highest BCUT2D eigenvalue weighted by Crippen LogP contribution is 2.27. The third kappa shape index (κ3) is 3.20. The first-order chi connectivity index (χ1) is 11.6. The van der Waals surface area contributed by atoms with Crippen LogP contribution in [0.2, 0.25) is 0 Å². The molecule has 2 aromatic rings. The second-order valence-electron chi connectivity index (χ2n) is 6.17. The lowest BCUT2D eigenvalue weighted by molar-refractivity contribution is 0.0730.